The number of hydrogen-bond acceptors (Lipinski definition) is 1. The monoisotopic (exact) mass is 200 g/mol. The Bertz CT molecular complexity index is 191. The molecule has 0 atom stereocenters. The molecule has 0 aromatic heterocycles. The van der Waals surface area contributed by atoms with Gasteiger partial charge in [-0.2, -0.15) is 0 Å². The maximum Gasteiger partial charge on any atom is 0.328 e. The van der Waals surface area contributed by atoms with Crippen LogP contribution in [0, 0.1) is 0 Å². The minimum absolute atomic E-state index is 0.00531. The first kappa shape index (κ1) is 9.82. The van der Waals surface area contributed by atoms with Gasteiger partial charge in [-0.1, -0.05) is 34.8 Å². The fourth-order valence-electron chi connectivity index (χ4n) is 0.207. The molecule has 1 N–H and O–H groups in total. The van der Waals surface area contributed by atoms with Gasteiger partial charge in [-0.25, -0.2) is 4.79 Å². The molecule has 0 aromatic rings. The van der Waals surface area contributed by atoms with Gasteiger partial charge in [0.2, 0.25) is 0 Å². The van der Waals surface area contributed by atoms with Crippen molar-refractivity contribution >= 4 is 40.8 Å². The number of hydrogen-bond donors (Lipinski definition) is 1. The van der Waals surface area contributed by atoms with E-state index < -0.39 is 5.97 Å². The molecule has 2 nitrogen and oxygen atoms in total. The van der Waals surface area contributed by atoms with Crippen LogP contribution in [0.1, 0.15) is 0 Å². The zero-order valence-electron chi connectivity index (χ0n) is 4.64. The fraction of sp³-hybridized carbons (Fsp3) is 0. The van der Waals surface area contributed by atoms with E-state index >= 15 is 0 Å². The van der Waals surface area contributed by atoms with Crippen LogP contribution in [0.2, 0.25) is 0 Å². The average molecular weight is 201 g/mol. The Hall–Kier alpha value is -0.180. The van der Waals surface area contributed by atoms with Crippen molar-refractivity contribution in [3.63, 3.8) is 0 Å². The summed E-state index contributed by atoms with van der Waals surface area (Å²) in [6, 6.07) is 0. The summed E-state index contributed by atoms with van der Waals surface area (Å²) in [5, 5.41) is 8.10. The zero-order valence-corrected chi connectivity index (χ0v) is 6.91. The summed E-state index contributed by atoms with van der Waals surface area (Å²) in [7, 11) is 0. The predicted octanol–water partition coefficient (Wildman–Crippen LogP) is 2.51. The van der Waals surface area contributed by atoms with Crippen molar-refractivity contribution in [2.75, 3.05) is 0 Å². The van der Waals surface area contributed by atoms with Crippen LogP contribution < -0.4 is 0 Å². The smallest absolute Gasteiger partial charge is 0.328 e. The third kappa shape index (κ3) is 4.68. The molecule has 0 saturated carbocycles. The van der Waals surface area contributed by atoms with Gasteiger partial charge in [0.1, 0.15) is 4.49 Å². The van der Waals surface area contributed by atoms with Crippen molar-refractivity contribution in [2.24, 2.45) is 0 Å². The first-order valence-corrected chi connectivity index (χ1v) is 3.29. The van der Waals surface area contributed by atoms with E-state index in [9.17, 15) is 4.79 Å². The highest BCUT2D eigenvalue weighted by Crippen LogP contribution is 2.18. The van der Waals surface area contributed by atoms with E-state index in [1.807, 2.05) is 0 Å². The van der Waals surface area contributed by atoms with Gasteiger partial charge in [-0.15, -0.1) is 0 Å². The van der Waals surface area contributed by atoms with Crippen LogP contribution in [0.3, 0.4) is 0 Å². The molecule has 56 valence electrons. The Balaban J connectivity index is 4.16. The molecule has 0 rings (SSSR count). The molecule has 0 bridgehead atoms. The highest BCUT2D eigenvalue weighted by molar-refractivity contribution is 6.59. The summed E-state index contributed by atoms with van der Waals surface area (Å²) in [4.78, 5) is 9.87. The van der Waals surface area contributed by atoms with Crippen LogP contribution >= 0.6 is 34.8 Å². The third-order valence-electron chi connectivity index (χ3n) is 0.553. The summed E-state index contributed by atoms with van der Waals surface area (Å²) in [6.45, 7) is 0. The Morgan fingerprint density at radius 1 is 1.20 bits per heavy atom. The quantitative estimate of drug-likeness (QED) is 0.550. The van der Waals surface area contributed by atoms with E-state index in [1.165, 1.54) is 0 Å². The van der Waals surface area contributed by atoms with Gasteiger partial charge in [0.05, 0.1) is 5.03 Å². The Morgan fingerprint density at radius 3 is 2.00 bits per heavy atom. The van der Waals surface area contributed by atoms with Gasteiger partial charge in [-0.3, -0.25) is 0 Å². The van der Waals surface area contributed by atoms with Crippen molar-refractivity contribution in [3.05, 3.63) is 21.7 Å². The van der Waals surface area contributed by atoms with Crippen molar-refractivity contribution in [2.45, 2.75) is 0 Å². The molecule has 0 aliphatic heterocycles. The highest BCUT2D eigenvalue weighted by atomic mass is 35.5. The van der Waals surface area contributed by atoms with E-state index in [2.05, 4.69) is 0 Å². The van der Waals surface area contributed by atoms with Gasteiger partial charge in [0.25, 0.3) is 0 Å². The maximum absolute atomic E-state index is 9.87. The van der Waals surface area contributed by atoms with Gasteiger partial charge in [-0.05, 0) is 6.08 Å². The van der Waals surface area contributed by atoms with Crippen molar-refractivity contribution in [3.8, 4) is 0 Å². The lowest BCUT2D eigenvalue weighted by molar-refractivity contribution is -0.131. The number of carbonyl (C=O) groups is 1. The van der Waals surface area contributed by atoms with E-state index in [4.69, 9.17) is 39.9 Å². The zero-order chi connectivity index (χ0) is 8.15. The Labute approximate surface area is 72.7 Å². The molecular formula is C5H3Cl3O2. The normalized spacial score (nSPS) is 9.90. The van der Waals surface area contributed by atoms with Crippen LogP contribution in [0.15, 0.2) is 21.7 Å². The molecule has 5 heteroatoms. The van der Waals surface area contributed by atoms with Crippen LogP contribution in [0.25, 0.3) is 0 Å². The van der Waals surface area contributed by atoms with Gasteiger partial charge in [0, 0.05) is 6.08 Å². The molecule has 0 amide bonds. The van der Waals surface area contributed by atoms with Crippen LogP contribution in [-0.2, 0) is 4.79 Å². The summed E-state index contributed by atoms with van der Waals surface area (Å²) in [5.41, 5.74) is 0. The lowest BCUT2D eigenvalue weighted by Crippen LogP contribution is -1.85. The van der Waals surface area contributed by atoms with Gasteiger partial charge >= 0.3 is 5.97 Å². The maximum atomic E-state index is 9.87. The number of carboxylic acid groups (broad SMARTS) is 1. The first-order chi connectivity index (χ1) is 4.54. The van der Waals surface area contributed by atoms with E-state index in [0.29, 0.717) is 0 Å². The molecule has 0 fully saturated rings. The molecule has 0 saturated heterocycles. The molecule has 0 spiro atoms. The number of halogens is 3. The van der Waals surface area contributed by atoms with Crippen molar-refractivity contribution in [1.82, 2.24) is 0 Å². The minimum atomic E-state index is -1.10. The molecule has 0 unspecified atom stereocenters. The SMILES string of the molecule is O=C(O)C=CC(Cl)=C(Cl)Cl. The van der Waals surface area contributed by atoms with Crippen LogP contribution in [-0.4, -0.2) is 11.1 Å². The van der Waals surface area contributed by atoms with Crippen LogP contribution in [0.4, 0.5) is 0 Å². The summed E-state index contributed by atoms with van der Waals surface area (Å²) >= 11 is 15.7. The number of carboxylic acids is 1. The average Bonchev–Trinajstić information content (AvgIpc) is 1.82. The van der Waals surface area contributed by atoms with Gasteiger partial charge < -0.3 is 5.11 Å². The largest absolute Gasteiger partial charge is 0.478 e. The summed E-state index contributed by atoms with van der Waals surface area (Å²) in [5.74, 6) is -1.10. The second-order valence-electron chi connectivity index (χ2n) is 1.28. The van der Waals surface area contributed by atoms with Gasteiger partial charge in [0.15, 0.2) is 0 Å². The number of allylic oxidation sites excluding steroid dienone is 2. The molecule has 0 heterocycles. The van der Waals surface area contributed by atoms with E-state index in [0.717, 1.165) is 12.2 Å². The summed E-state index contributed by atoms with van der Waals surface area (Å²) in [6.07, 6.45) is 1.94. The molecule has 0 aromatic carbocycles. The summed E-state index contributed by atoms with van der Waals surface area (Å²) < 4.78 is -0.154. The standard InChI is InChI=1S/C5H3Cl3O2/c6-3(5(7)8)1-2-4(9)10/h1-2H,(H,9,10). The second-order valence-corrected chi connectivity index (χ2v) is 2.64. The lowest BCUT2D eigenvalue weighted by atomic mass is 10.5. The minimum Gasteiger partial charge on any atom is -0.478 e. The van der Waals surface area contributed by atoms with Crippen molar-refractivity contribution < 1.29 is 9.90 Å². The number of aliphatic carboxylic acids is 1. The van der Waals surface area contributed by atoms with E-state index in [-0.39, 0.29) is 9.52 Å². The Morgan fingerprint density at radius 2 is 1.70 bits per heavy atom. The third-order valence-corrected chi connectivity index (χ3v) is 1.47. The van der Waals surface area contributed by atoms with E-state index in [1.54, 1.807) is 0 Å². The lowest BCUT2D eigenvalue weighted by Gasteiger charge is -1.85. The predicted molar refractivity (Wildman–Crippen MR) is 41.4 cm³/mol. The van der Waals surface area contributed by atoms with Crippen molar-refractivity contribution in [1.29, 1.82) is 0 Å². The van der Waals surface area contributed by atoms with Crippen LogP contribution in [0.5, 0.6) is 0 Å². The number of rotatable bonds is 2. The fourth-order valence-corrected chi connectivity index (χ4v) is 0.396. The molecular weight excluding hydrogens is 198 g/mol. The first-order valence-electron chi connectivity index (χ1n) is 2.16. The molecule has 10 heavy (non-hydrogen) atoms. The Kier molecular flexibility index (Phi) is 4.52. The second kappa shape index (κ2) is 4.61. The molecule has 0 aliphatic carbocycles. The highest BCUT2D eigenvalue weighted by Gasteiger charge is 1.93. The molecule has 0 radical (unpaired) electrons. The molecule has 0 aliphatic rings. The topological polar surface area (TPSA) is 37.3 Å².